The molecule has 0 spiro atoms. The number of aryl methyl sites for hydroxylation is 1. The molecular weight excluding hydrogens is 185 g/mol. The summed E-state index contributed by atoms with van der Waals surface area (Å²) >= 11 is -1.64. The summed E-state index contributed by atoms with van der Waals surface area (Å²) < 4.78 is 6.78. The van der Waals surface area contributed by atoms with Crippen molar-refractivity contribution >= 4 is 17.9 Å². The zero-order chi connectivity index (χ0) is 7.78. The minimum atomic E-state index is -1.64. The average molecular weight is 199 g/mol. The molecule has 0 aromatic carbocycles. The first kappa shape index (κ1) is 7.92. The molecule has 0 saturated heterocycles. The van der Waals surface area contributed by atoms with E-state index < -0.39 is 13.3 Å². The second kappa shape index (κ2) is 2.46. The van der Waals surface area contributed by atoms with Crippen LogP contribution >= 0.6 is 0 Å². The Balaban J connectivity index is 2.96. The van der Waals surface area contributed by atoms with Crippen molar-refractivity contribution in [1.29, 1.82) is 0 Å². The van der Waals surface area contributed by atoms with Crippen LogP contribution in [-0.4, -0.2) is 13.3 Å². The maximum atomic E-state index is 5.53. The molecule has 56 valence electrons. The molecule has 2 heteroatoms. The zero-order valence-corrected chi connectivity index (χ0v) is 9.16. The second-order valence-corrected chi connectivity index (χ2v) is 14.1. The van der Waals surface area contributed by atoms with E-state index in [2.05, 4.69) is 23.3 Å². The summed E-state index contributed by atoms with van der Waals surface area (Å²) in [4.78, 5) is 0. The number of rotatable bonds is 1. The molecule has 0 unspecified atom stereocenters. The maximum absolute atomic E-state index is 5.53. The third-order valence-corrected chi connectivity index (χ3v) is 5.15. The van der Waals surface area contributed by atoms with Crippen LogP contribution in [0.3, 0.4) is 0 Å². The van der Waals surface area contributed by atoms with Gasteiger partial charge in [-0.1, -0.05) is 0 Å². The predicted octanol–water partition coefficient (Wildman–Crippen LogP) is 2.13. The van der Waals surface area contributed by atoms with Gasteiger partial charge in [0.25, 0.3) is 0 Å². The van der Waals surface area contributed by atoms with Gasteiger partial charge < -0.3 is 0 Å². The SMILES string of the molecule is Cc1cc[c]([Ge]([CH3])([CH3])[CH3])o1. The van der Waals surface area contributed by atoms with Crippen molar-refractivity contribution in [3.8, 4) is 0 Å². The summed E-state index contributed by atoms with van der Waals surface area (Å²) in [6.07, 6.45) is 0. The van der Waals surface area contributed by atoms with Crippen LogP contribution in [0, 0.1) is 6.92 Å². The van der Waals surface area contributed by atoms with E-state index in [1.807, 2.05) is 13.0 Å². The molecule has 0 saturated carbocycles. The molecule has 0 N–H and O–H groups in total. The van der Waals surface area contributed by atoms with Gasteiger partial charge in [-0.3, -0.25) is 0 Å². The third-order valence-electron chi connectivity index (χ3n) is 1.48. The van der Waals surface area contributed by atoms with Crippen LogP contribution in [0.25, 0.3) is 0 Å². The van der Waals surface area contributed by atoms with E-state index in [-0.39, 0.29) is 0 Å². The molecule has 1 rings (SSSR count). The molecule has 0 atom stereocenters. The van der Waals surface area contributed by atoms with Gasteiger partial charge in [0.2, 0.25) is 0 Å². The van der Waals surface area contributed by atoms with Crippen molar-refractivity contribution in [2.75, 3.05) is 0 Å². The average Bonchev–Trinajstić information content (AvgIpc) is 2.11. The van der Waals surface area contributed by atoms with Gasteiger partial charge in [0.05, 0.1) is 0 Å². The van der Waals surface area contributed by atoms with E-state index in [0.29, 0.717) is 0 Å². The van der Waals surface area contributed by atoms with Gasteiger partial charge in [-0.05, 0) is 0 Å². The molecule has 0 aliphatic rings. The summed E-state index contributed by atoms with van der Waals surface area (Å²) in [6, 6.07) is 4.17. The van der Waals surface area contributed by atoms with Gasteiger partial charge in [-0.2, -0.15) is 0 Å². The standard InChI is InChI=1S/C8H14GeO/c1-7-5-6-8(10-7)9(2,3)4/h5-6H,1-4H3. The third kappa shape index (κ3) is 1.66. The Morgan fingerprint density at radius 3 is 2.00 bits per heavy atom. The fourth-order valence-corrected chi connectivity index (χ4v) is 3.04. The molecule has 1 nitrogen and oxygen atoms in total. The quantitative estimate of drug-likeness (QED) is 0.631. The van der Waals surface area contributed by atoms with E-state index >= 15 is 0 Å². The molecule has 1 aromatic heterocycles. The Hall–Kier alpha value is -0.177. The van der Waals surface area contributed by atoms with Gasteiger partial charge in [0.1, 0.15) is 0 Å². The molecule has 1 heterocycles. The van der Waals surface area contributed by atoms with Gasteiger partial charge in [0.15, 0.2) is 0 Å². The zero-order valence-electron chi connectivity index (χ0n) is 7.06. The van der Waals surface area contributed by atoms with Crippen molar-refractivity contribution in [1.82, 2.24) is 0 Å². The molecular formula is C8H14GeO. The summed E-state index contributed by atoms with van der Waals surface area (Å²) in [5, 5.41) is 0. The molecule has 10 heavy (non-hydrogen) atoms. The van der Waals surface area contributed by atoms with E-state index in [1.54, 1.807) is 0 Å². The van der Waals surface area contributed by atoms with Gasteiger partial charge in [0, 0.05) is 0 Å². The summed E-state index contributed by atoms with van der Waals surface area (Å²) in [6.45, 7) is 2.00. The van der Waals surface area contributed by atoms with Crippen molar-refractivity contribution in [3.63, 3.8) is 0 Å². The predicted molar refractivity (Wildman–Crippen MR) is 46.4 cm³/mol. The van der Waals surface area contributed by atoms with Crippen LogP contribution in [-0.2, 0) is 0 Å². The topological polar surface area (TPSA) is 13.1 Å². The monoisotopic (exact) mass is 200 g/mol. The second-order valence-electron chi connectivity index (χ2n) is 3.66. The Bertz CT molecular complexity index is 219. The summed E-state index contributed by atoms with van der Waals surface area (Å²) in [7, 11) is 0. The Labute approximate surface area is 64.8 Å². The fourth-order valence-electron chi connectivity index (χ4n) is 0.838. The Morgan fingerprint density at radius 2 is 1.80 bits per heavy atom. The first-order valence-electron chi connectivity index (χ1n) is 3.57. The van der Waals surface area contributed by atoms with Crippen LogP contribution in [0.5, 0.6) is 0 Å². The first-order valence-corrected chi connectivity index (χ1v) is 10.9. The molecule has 0 amide bonds. The molecule has 0 radical (unpaired) electrons. The van der Waals surface area contributed by atoms with Crippen LogP contribution in [0.2, 0.25) is 17.3 Å². The number of hydrogen-bond acceptors (Lipinski definition) is 1. The van der Waals surface area contributed by atoms with Crippen LogP contribution in [0.1, 0.15) is 5.76 Å². The summed E-state index contributed by atoms with van der Waals surface area (Å²) in [5.41, 5.74) is 0. The van der Waals surface area contributed by atoms with E-state index in [0.717, 1.165) is 5.76 Å². The van der Waals surface area contributed by atoms with Gasteiger partial charge in [-0.25, -0.2) is 0 Å². The van der Waals surface area contributed by atoms with Crippen LogP contribution in [0.15, 0.2) is 16.5 Å². The van der Waals surface area contributed by atoms with Crippen molar-refractivity contribution in [2.24, 2.45) is 0 Å². The van der Waals surface area contributed by atoms with Crippen molar-refractivity contribution in [3.05, 3.63) is 17.9 Å². The van der Waals surface area contributed by atoms with Gasteiger partial charge in [-0.15, -0.1) is 0 Å². The Morgan fingerprint density at radius 1 is 1.20 bits per heavy atom. The van der Waals surface area contributed by atoms with Gasteiger partial charge >= 0.3 is 64.4 Å². The normalized spacial score (nSPS) is 12.0. The van der Waals surface area contributed by atoms with Crippen molar-refractivity contribution in [2.45, 2.75) is 24.2 Å². The fraction of sp³-hybridized carbons (Fsp3) is 0.500. The van der Waals surface area contributed by atoms with Crippen molar-refractivity contribution < 1.29 is 4.42 Å². The molecule has 1 aromatic rings. The molecule has 0 bridgehead atoms. The molecule has 0 aliphatic carbocycles. The Kier molecular flexibility index (Phi) is 1.95. The van der Waals surface area contributed by atoms with E-state index in [9.17, 15) is 0 Å². The number of furan rings is 1. The van der Waals surface area contributed by atoms with E-state index in [4.69, 9.17) is 4.42 Å². The first-order chi connectivity index (χ1) is 4.50. The van der Waals surface area contributed by atoms with E-state index in [1.165, 1.54) is 4.59 Å². The molecule has 0 fully saturated rings. The van der Waals surface area contributed by atoms with Crippen LogP contribution in [0.4, 0.5) is 0 Å². The molecule has 0 aliphatic heterocycles. The summed E-state index contributed by atoms with van der Waals surface area (Å²) in [5.74, 6) is 8.03. The minimum absolute atomic E-state index is 1.04. The van der Waals surface area contributed by atoms with Crippen LogP contribution < -0.4 is 4.59 Å². The number of hydrogen-bond donors (Lipinski definition) is 0.